The molecule has 3 aromatic rings. The Kier molecular flexibility index (Phi) is 6.61. The smallest absolute Gasteiger partial charge is 0.407 e. The third-order valence-electron chi connectivity index (χ3n) is 5.64. The second-order valence-corrected chi connectivity index (χ2v) is 9.63. The number of alkyl carbamates (subject to hydrolysis) is 1. The van der Waals surface area contributed by atoms with E-state index >= 15 is 0 Å². The fourth-order valence-corrected chi connectivity index (χ4v) is 4.15. The molecule has 192 valence electrons. The molecule has 0 saturated carbocycles. The Labute approximate surface area is 208 Å². The summed E-state index contributed by atoms with van der Waals surface area (Å²) >= 11 is 0. The molecule has 1 aromatic carbocycles. The molecule has 0 radical (unpaired) electrons. The molecule has 0 spiro atoms. The minimum Gasteiger partial charge on any atom is -0.489 e. The number of carbonyl (C=O) groups is 3. The van der Waals surface area contributed by atoms with Gasteiger partial charge in [-0.25, -0.2) is 9.78 Å². The standard InChI is InChI=1S/C24H31N7O5/c1-6-30-17(9-13(2)29-30)21(33)28-22-27-16-10-14(20(25)32)11-18-19(16)31(22)15(12-35-18)7-8-26-23(34)36-24(3,4)5/h9-11,15H,6-8,12H2,1-5H3,(H2,25,32)(H,26,34)(H,27,28,33)/t15-/m0/s1. The van der Waals surface area contributed by atoms with Crippen molar-refractivity contribution in [3.8, 4) is 5.75 Å². The maximum atomic E-state index is 13.2. The SMILES string of the molecule is CCn1nc(C)cc1C(=O)Nc1nc2cc(C(N)=O)cc3c2n1[C@@H](CCNC(=O)OC(C)(C)C)CO3. The van der Waals surface area contributed by atoms with Gasteiger partial charge in [0.15, 0.2) is 0 Å². The summed E-state index contributed by atoms with van der Waals surface area (Å²) in [6.45, 7) is 10.2. The Morgan fingerprint density at radius 2 is 2.00 bits per heavy atom. The quantitative estimate of drug-likeness (QED) is 0.453. The van der Waals surface area contributed by atoms with Crippen LogP contribution in [-0.4, -0.2) is 56.0 Å². The van der Waals surface area contributed by atoms with E-state index in [0.29, 0.717) is 47.9 Å². The van der Waals surface area contributed by atoms with Crippen molar-refractivity contribution >= 4 is 34.9 Å². The number of ether oxygens (including phenoxy) is 2. The molecule has 0 saturated heterocycles. The lowest BCUT2D eigenvalue weighted by molar-refractivity contribution is 0.0523. The number of aromatic nitrogens is 4. The van der Waals surface area contributed by atoms with Crippen LogP contribution in [0, 0.1) is 6.92 Å². The van der Waals surface area contributed by atoms with Crippen molar-refractivity contribution in [2.24, 2.45) is 5.73 Å². The molecule has 12 heteroatoms. The minimum atomic E-state index is -0.608. The first-order chi connectivity index (χ1) is 17.0. The molecule has 0 fully saturated rings. The number of nitrogens with zero attached hydrogens (tertiary/aromatic N) is 4. The van der Waals surface area contributed by atoms with Crippen LogP contribution in [0.3, 0.4) is 0 Å². The summed E-state index contributed by atoms with van der Waals surface area (Å²) in [6, 6.07) is 4.59. The van der Waals surface area contributed by atoms with Crippen molar-refractivity contribution in [1.82, 2.24) is 24.6 Å². The summed E-state index contributed by atoms with van der Waals surface area (Å²) < 4.78 is 14.7. The lowest BCUT2D eigenvalue weighted by atomic mass is 10.1. The first kappa shape index (κ1) is 25.0. The maximum absolute atomic E-state index is 13.2. The Bertz CT molecular complexity index is 1330. The van der Waals surface area contributed by atoms with Crippen LogP contribution in [0.2, 0.25) is 0 Å². The third-order valence-corrected chi connectivity index (χ3v) is 5.64. The molecular weight excluding hydrogens is 466 g/mol. The van der Waals surface area contributed by atoms with Gasteiger partial charge in [-0.2, -0.15) is 5.10 Å². The van der Waals surface area contributed by atoms with Crippen LogP contribution in [0.1, 0.15) is 66.7 Å². The van der Waals surface area contributed by atoms with E-state index in [1.165, 1.54) is 0 Å². The van der Waals surface area contributed by atoms with E-state index < -0.39 is 17.6 Å². The van der Waals surface area contributed by atoms with Gasteiger partial charge >= 0.3 is 6.09 Å². The van der Waals surface area contributed by atoms with Crippen molar-refractivity contribution in [3.63, 3.8) is 0 Å². The Morgan fingerprint density at radius 1 is 1.25 bits per heavy atom. The highest BCUT2D eigenvalue weighted by atomic mass is 16.6. The van der Waals surface area contributed by atoms with E-state index in [4.69, 9.17) is 15.2 Å². The number of imidazole rings is 1. The monoisotopic (exact) mass is 497 g/mol. The molecule has 36 heavy (non-hydrogen) atoms. The van der Waals surface area contributed by atoms with Crippen LogP contribution >= 0.6 is 0 Å². The highest BCUT2D eigenvalue weighted by Gasteiger charge is 2.29. The van der Waals surface area contributed by atoms with Crippen LogP contribution in [-0.2, 0) is 11.3 Å². The van der Waals surface area contributed by atoms with Gasteiger partial charge < -0.3 is 25.1 Å². The normalized spacial score (nSPS) is 14.9. The second-order valence-electron chi connectivity index (χ2n) is 9.63. The minimum absolute atomic E-state index is 0.242. The molecule has 1 atom stereocenters. The first-order valence-corrected chi connectivity index (χ1v) is 11.8. The van der Waals surface area contributed by atoms with Crippen molar-refractivity contribution in [2.45, 2.75) is 59.2 Å². The van der Waals surface area contributed by atoms with Crippen molar-refractivity contribution < 1.29 is 23.9 Å². The number of carbonyl (C=O) groups excluding carboxylic acids is 3. The number of benzene rings is 1. The molecule has 2 aromatic heterocycles. The molecule has 12 nitrogen and oxygen atoms in total. The topological polar surface area (TPSA) is 155 Å². The highest BCUT2D eigenvalue weighted by molar-refractivity contribution is 6.04. The molecule has 0 aliphatic carbocycles. The lowest BCUT2D eigenvalue weighted by Gasteiger charge is -2.27. The van der Waals surface area contributed by atoms with E-state index in [1.54, 1.807) is 43.7 Å². The highest BCUT2D eigenvalue weighted by Crippen LogP contribution is 2.38. The number of nitrogens with one attached hydrogen (secondary N) is 2. The van der Waals surface area contributed by atoms with Gasteiger partial charge in [0.1, 0.15) is 29.2 Å². The fourth-order valence-electron chi connectivity index (χ4n) is 4.15. The first-order valence-electron chi connectivity index (χ1n) is 11.8. The molecule has 3 amide bonds. The number of aryl methyl sites for hydroxylation is 2. The van der Waals surface area contributed by atoms with Gasteiger partial charge in [0.05, 0.1) is 17.3 Å². The molecule has 4 N–H and O–H groups in total. The molecule has 0 bridgehead atoms. The molecule has 0 unspecified atom stereocenters. The molecule has 1 aliphatic heterocycles. The zero-order valence-electron chi connectivity index (χ0n) is 21.0. The predicted octanol–water partition coefficient (Wildman–Crippen LogP) is 2.76. The van der Waals surface area contributed by atoms with E-state index in [1.807, 2.05) is 18.4 Å². The Morgan fingerprint density at radius 3 is 2.67 bits per heavy atom. The van der Waals surface area contributed by atoms with Crippen LogP contribution in [0.25, 0.3) is 11.0 Å². The van der Waals surface area contributed by atoms with Gasteiger partial charge in [-0.15, -0.1) is 0 Å². The number of primary amides is 1. The van der Waals surface area contributed by atoms with Gasteiger partial charge in [-0.1, -0.05) is 0 Å². The largest absolute Gasteiger partial charge is 0.489 e. The van der Waals surface area contributed by atoms with Gasteiger partial charge in [0.25, 0.3) is 5.91 Å². The third kappa shape index (κ3) is 5.11. The van der Waals surface area contributed by atoms with Crippen LogP contribution in [0.5, 0.6) is 5.75 Å². The molecule has 4 rings (SSSR count). The molecule has 1 aliphatic rings. The number of hydrogen-bond donors (Lipinski definition) is 3. The van der Waals surface area contributed by atoms with Crippen molar-refractivity contribution in [2.75, 3.05) is 18.5 Å². The van der Waals surface area contributed by atoms with Crippen LogP contribution in [0.15, 0.2) is 18.2 Å². The molecule has 3 heterocycles. The number of hydrogen-bond acceptors (Lipinski definition) is 7. The summed E-state index contributed by atoms with van der Waals surface area (Å²) in [6.07, 6.45) is -0.0328. The van der Waals surface area contributed by atoms with E-state index in [9.17, 15) is 14.4 Å². The van der Waals surface area contributed by atoms with Crippen molar-refractivity contribution in [3.05, 3.63) is 35.2 Å². The number of nitrogens with two attached hydrogens (primary N) is 1. The summed E-state index contributed by atoms with van der Waals surface area (Å²) in [5.41, 5.74) is 7.36. The molecular formula is C24H31N7O5. The van der Waals surface area contributed by atoms with E-state index in [2.05, 4.69) is 20.7 Å². The summed E-state index contributed by atoms with van der Waals surface area (Å²) in [5.74, 6) is -0.231. The van der Waals surface area contributed by atoms with Crippen LogP contribution < -0.4 is 21.1 Å². The van der Waals surface area contributed by atoms with Gasteiger partial charge in [-0.05, 0) is 59.2 Å². The fraction of sp³-hybridized carbons (Fsp3) is 0.458. The maximum Gasteiger partial charge on any atom is 0.407 e. The zero-order valence-corrected chi connectivity index (χ0v) is 21.0. The lowest BCUT2D eigenvalue weighted by Crippen LogP contribution is -2.35. The Balaban J connectivity index is 1.65. The van der Waals surface area contributed by atoms with Gasteiger partial charge in [0, 0.05) is 18.7 Å². The predicted molar refractivity (Wildman–Crippen MR) is 132 cm³/mol. The van der Waals surface area contributed by atoms with Gasteiger partial charge in [0.2, 0.25) is 11.9 Å². The summed E-state index contributed by atoms with van der Waals surface area (Å²) in [5, 5.41) is 9.98. The van der Waals surface area contributed by atoms with Crippen LogP contribution in [0.4, 0.5) is 10.7 Å². The average molecular weight is 498 g/mol. The van der Waals surface area contributed by atoms with E-state index in [0.717, 1.165) is 5.69 Å². The second kappa shape index (κ2) is 9.51. The number of anilines is 1. The van der Waals surface area contributed by atoms with Crippen molar-refractivity contribution in [1.29, 1.82) is 0 Å². The summed E-state index contributed by atoms with van der Waals surface area (Å²) in [4.78, 5) is 41.7. The summed E-state index contributed by atoms with van der Waals surface area (Å²) in [7, 11) is 0. The number of amides is 3. The Hall–Kier alpha value is -4.09. The van der Waals surface area contributed by atoms with Gasteiger partial charge in [-0.3, -0.25) is 19.6 Å². The number of rotatable bonds is 7. The zero-order chi connectivity index (χ0) is 26.2. The van der Waals surface area contributed by atoms with E-state index in [-0.39, 0.29) is 24.1 Å². The average Bonchev–Trinajstić information content (AvgIpc) is 3.35.